The van der Waals surface area contributed by atoms with Crippen LogP contribution in [0, 0.1) is 0 Å². The van der Waals surface area contributed by atoms with Crippen LogP contribution in [0.2, 0.25) is 0 Å². The molecular formula is C16H18N2O2. The predicted molar refractivity (Wildman–Crippen MR) is 76.5 cm³/mol. The van der Waals surface area contributed by atoms with Gasteiger partial charge in [0.05, 0.1) is 26.4 Å². The van der Waals surface area contributed by atoms with Crippen LogP contribution in [0.15, 0.2) is 42.6 Å². The number of hydrogen-bond acceptors (Lipinski definition) is 4. The Labute approximate surface area is 118 Å². The van der Waals surface area contributed by atoms with Gasteiger partial charge in [-0.1, -0.05) is 30.3 Å². The second kappa shape index (κ2) is 6.03. The molecule has 1 aliphatic heterocycles. The third-order valence-corrected chi connectivity index (χ3v) is 3.55. The molecule has 1 aliphatic rings. The van der Waals surface area contributed by atoms with Crippen LogP contribution in [0.25, 0.3) is 0 Å². The van der Waals surface area contributed by atoms with Gasteiger partial charge in [0.2, 0.25) is 5.88 Å². The van der Waals surface area contributed by atoms with E-state index in [9.17, 15) is 0 Å². The topological polar surface area (TPSA) is 43.4 Å². The molecule has 4 nitrogen and oxygen atoms in total. The number of fused-ring (bicyclic) bond motifs is 1. The summed E-state index contributed by atoms with van der Waals surface area (Å²) in [4.78, 5) is 4.21. The third-order valence-electron chi connectivity index (χ3n) is 3.55. The first-order valence-electron chi connectivity index (χ1n) is 6.75. The number of hydrogen-bond donors (Lipinski definition) is 1. The Balaban J connectivity index is 1.73. The van der Waals surface area contributed by atoms with Gasteiger partial charge in [0.25, 0.3) is 0 Å². The molecule has 1 atom stereocenters. The molecule has 1 N–H and O–H groups in total. The highest BCUT2D eigenvalue weighted by Crippen LogP contribution is 2.25. The number of pyridine rings is 1. The normalized spacial score (nSPS) is 17.6. The Bertz CT molecular complexity index is 586. The summed E-state index contributed by atoms with van der Waals surface area (Å²) in [7, 11) is 1.64. The summed E-state index contributed by atoms with van der Waals surface area (Å²) < 4.78 is 10.9. The summed E-state index contributed by atoms with van der Waals surface area (Å²) in [5, 5.41) is 3.52. The quantitative estimate of drug-likeness (QED) is 0.926. The van der Waals surface area contributed by atoms with Crippen molar-refractivity contribution in [2.75, 3.05) is 13.7 Å². The van der Waals surface area contributed by atoms with Crippen molar-refractivity contribution in [3.8, 4) is 5.88 Å². The lowest BCUT2D eigenvalue weighted by atomic mass is 9.99. The van der Waals surface area contributed by atoms with Crippen LogP contribution in [0.5, 0.6) is 5.88 Å². The number of nitrogens with zero attached hydrogens (tertiary/aromatic N) is 1. The molecule has 0 amide bonds. The van der Waals surface area contributed by atoms with Crippen molar-refractivity contribution in [2.24, 2.45) is 0 Å². The molecule has 1 aromatic heterocycles. The van der Waals surface area contributed by atoms with Gasteiger partial charge in [0, 0.05) is 18.3 Å². The van der Waals surface area contributed by atoms with E-state index in [1.54, 1.807) is 13.3 Å². The zero-order valence-electron chi connectivity index (χ0n) is 11.5. The number of methoxy groups -OCH3 is 1. The van der Waals surface area contributed by atoms with Crippen molar-refractivity contribution in [3.05, 3.63) is 59.3 Å². The SMILES string of the molecule is COc1ncccc1CNC1COCc2ccccc21. The van der Waals surface area contributed by atoms with E-state index in [4.69, 9.17) is 9.47 Å². The Morgan fingerprint density at radius 3 is 3.10 bits per heavy atom. The maximum absolute atomic E-state index is 5.64. The van der Waals surface area contributed by atoms with Gasteiger partial charge in [-0.05, 0) is 17.2 Å². The van der Waals surface area contributed by atoms with E-state index in [1.807, 2.05) is 12.1 Å². The number of benzene rings is 1. The molecule has 1 aromatic carbocycles. The first kappa shape index (κ1) is 13.1. The van der Waals surface area contributed by atoms with Gasteiger partial charge in [-0.2, -0.15) is 0 Å². The highest BCUT2D eigenvalue weighted by atomic mass is 16.5. The van der Waals surface area contributed by atoms with E-state index in [0.717, 1.165) is 5.56 Å². The minimum Gasteiger partial charge on any atom is -0.481 e. The minimum absolute atomic E-state index is 0.213. The summed E-state index contributed by atoms with van der Waals surface area (Å²) in [6.07, 6.45) is 1.74. The van der Waals surface area contributed by atoms with Crippen molar-refractivity contribution in [3.63, 3.8) is 0 Å². The highest BCUT2D eigenvalue weighted by Gasteiger charge is 2.20. The molecule has 0 saturated carbocycles. The van der Waals surface area contributed by atoms with Crippen LogP contribution in [-0.2, 0) is 17.9 Å². The molecule has 0 saturated heterocycles. The van der Waals surface area contributed by atoms with Crippen LogP contribution in [0.1, 0.15) is 22.7 Å². The molecule has 2 aromatic rings. The summed E-state index contributed by atoms with van der Waals surface area (Å²) in [5.41, 5.74) is 3.63. The highest BCUT2D eigenvalue weighted by molar-refractivity contribution is 5.31. The van der Waals surface area contributed by atoms with E-state index in [2.05, 4.69) is 34.6 Å². The third kappa shape index (κ3) is 2.66. The molecule has 3 rings (SSSR count). The first-order valence-corrected chi connectivity index (χ1v) is 6.75. The monoisotopic (exact) mass is 270 g/mol. The fourth-order valence-electron chi connectivity index (χ4n) is 2.53. The summed E-state index contributed by atoms with van der Waals surface area (Å²) in [6, 6.07) is 12.6. The smallest absolute Gasteiger partial charge is 0.217 e. The van der Waals surface area contributed by atoms with Crippen LogP contribution < -0.4 is 10.1 Å². The summed E-state index contributed by atoms with van der Waals surface area (Å²) in [5.74, 6) is 0.671. The Kier molecular flexibility index (Phi) is 3.95. The standard InChI is InChI=1S/C16H18N2O2/c1-19-16-12(6-4-8-17-16)9-18-15-11-20-10-13-5-2-3-7-14(13)15/h2-8,15,18H,9-11H2,1H3. The average Bonchev–Trinajstić information content (AvgIpc) is 2.53. The molecule has 0 aliphatic carbocycles. The Morgan fingerprint density at radius 1 is 1.30 bits per heavy atom. The number of aromatic nitrogens is 1. The van der Waals surface area contributed by atoms with Crippen molar-refractivity contribution < 1.29 is 9.47 Å². The molecule has 0 fully saturated rings. The second-order valence-electron chi connectivity index (χ2n) is 4.82. The lowest BCUT2D eigenvalue weighted by Gasteiger charge is -2.26. The largest absolute Gasteiger partial charge is 0.481 e. The average molecular weight is 270 g/mol. The van der Waals surface area contributed by atoms with Crippen molar-refractivity contribution in [1.29, 1.82) is 0 Å². The van der Waals surface area contributed by atoms with Gasteiger partial charge in [-0.25, -0.2) is 4.98 Å². The van der Waals surface area contributed by atoms with Crippen molar-refractivity contribution >= 4 is 0 Å². The molecule has 1 unspecified atom stereocenters. The molecule has 20 heavy (non-hydrogen) atoms. The Hall–Kier alpha value is -1.91. The van der Waals surface area contributed by atoms with Crippen molar-refractivity contribution in [2.45, 2.75) is 19.2 Å². The van der Waals surface area contributed by atoms with E-state index in [-0.39, 0.29) is 6.04 Å². The molecule has 0 radical (unpaired) electrons. The zero-order valence-corrected chi connectivity index (χ0v) is 11.5. The van der Waals surface area contributed by atoms with Gasteiger partial charge in [0.1, 0.15) is 0 Å². The zero-order chi connectivity index (χ0) is 13.8. The molecule has 0 bridgehead atoms. The number of rotatable bonds is 4. The fraction of sp³-hybridized carbons (Fsp3) is 0.312. The lowest BCUT2D eigenvalue weighted by molar-refractivity contribution is 0.0816. The summed E-state index contributed by atoms with van der Waals surface area (Å²) >= 11 is 0. The number of ether oxygens (including phenoxy) is 2. The van der Waals surface area contributed by atoms with Crippen LogP contribution >= 0.6 is 0 Å². The van der Waals surface area contributed by atoms with E-state index >= 15 is 0 Å². The molecular weight excluding hydrogens is 252 g/mol. The second-order valence-corrected chi connectivity index (χ2v) is 4.82. The van der Waals surface area contributed by atoms with Gasteiger partial charge in [-0.15, -0.1) is 0 Å². The lowest BCUT2D eigenvalue weighted by Crippen LogP contribution is -2.29. The number of nitrogens with one attached hydrogen (secondary N) is 1. The first-order chi connectivity index (χ1) is 9.88. The summed E-state index contributed by atoms with van der Waals surface area (Å²) in [6.45, 7) is 2.10. The maximum atomic E-state index is 5.64. The molecule has 2 heterocycles. The molecule has 104 valence electrons. The van der Waals surface area contributed by atoms with Gasteiger partial charge in [-0.3, -0.25) is 0 Å². The van der Waals surface area contributed by atoms with E-state index in [1.165, 1.54) is 11.1 Å². The van der Waals surface area contributed by atoms with Gasteiger partial charge < -0.3 is 14.8 Å². The van der Waals surface area contributed by atoms with Crippen molar-refractivity contribution in [1.82, 2.24) is 10.3 Å². The van der Waals surface area contributed by atoms with Gasteiger partial charge >= 0.3 is 0 Å². The fourth-order valence-corrected chi connectivity index (χ4v) is 2.53. The maximum Gasteiger partial charge on any atom is 0.217 e. The molecule has 4 heteroatoms. The van der Waals surface area contributed by atoms with Crippen LogP contribution in [0.4, 0.5) is 0 Å². The van der Waals surface area contributed by atoms with Crippen LogP contribution in [0.3, 0.4) is 0 Å². The van der Waals surface area contributed by atoms with Crippen LogP contribution in [-0.4, -0.2) is 18.7 Å². The van der Waals surface area contributed by atoms with E-state index < -0.39 is 0 Å². The van der Waals surface area contributed by atoms with Gasteiger partial charge in [0.15, 0.2) is 0 Å². The Morgan fingerprint density at radius 2 is 2.20 bits per heavy atom. The molecule has 0 spiro atoms. The van der Waals surface area contributed by atoms with E-state index in [0.29, 0.717) is 25.6 Å². The predicted octanol–water partition coefficient (Wildman–Crippen LogP) is 2.45. The minimum atomic E-state index is 0.213.